The second-order valence-corrected chi connectivity index (χ2v) is 8.14. The summed E-state index contributed by atoms with van der Waals surface area (Å²) in [5.74, 6) is -0.147. The van der Waals surface area contributed by atoms with Gasteiger partial charge in [0.25, 0.3) is 5.91 Å². The van der Waals surface area contributed by atoms with Crippen LogP contribution in [0.3, 0.4) is 0 Å². The lowest BCUT2D eigenvalue weighted by Crippen LogP contribution is -2.46. The Morgan fingerprint density at radius 3 is 2.73 bits per heavy atom. The van der Waals surface area contributed by atoms with Gasteiger partial charge in [0.2, 0.25) is 0 Å². The van der Waals surface area contributed by atoms with Crippen molar-refractivity contribution < 1.29 is 9.53 Å². The lowest BCUT2D eigenvalue weighted by molar-refractivity contribution is -0.144. The summed E-state index contributed by atoms with van der Waals surface area (Å²) in [6, 6.07) is 12.1. The SMILES string of the molecule is CO[C@@H](C)C(=O)N1N=C(c2ccsc2)SC1(CCCN)c1ccccc1. The van der Waals surface area contributed by atoms with E-state index in [1.54, 1.807) is 42.1 Å². The van der Waals surface area contributed by atoms with Gasteiger partial charge in [0.15, 0.2) is 0 Å². The Balaban J connectivity index is 2.08. The molecule has 3 rings (SSSR count). The van der Waals surface area contributed by atoms with Crippen LogP contribution in [0.15, 0.2) is 52.3 Å². The van der Waals surface area contributed by atoms with E-state index >= 15 is 0 Å². The molecule has 1 amide bonds. The number of hydrazone groups is 1. The van der Waals surface area contributed by atoms with E-state index in [1.807, 2.05) is 41.8 Å². The van der Waals surface area contributed by atoms with Crippen LogP contribution in [0.2, 0.25) is 0 Å². The maximum absolute atomic E-state index is 13.1. The fourth-order valence-electron chi connectivity index (χ4n) is 2.92. The summed E-state index contributed by atoms with van der Waals surface area (Å²) in [6.45, 7) is 2.31. The van der Waals surface area contributed by atoms with Crippen LogP contribution in [0.5, 0.6) is 0 Å². The first kappa shape index (κ1) is 19.1. The van der Waals surface area contributed by atoms with Gasteiger partial charge in [-0.05, 0) is 43.3 Å². The fourth-order valence-corrected chi connectivity index (χ4v) is 5.04. The highest BCUT2D eigenvalue weighted by Crippen LogP contribution is 2.50. The number of nitrogens with zero attached hydrogens (tertiary/aromatic N) is 2. The number of thioether (sulfide) groups is 1. The number of amides is 1. The molecule has 2 N–H and O–H groups in total. The van der Waals surface area contributed by atoms with Crippen molar-refractivity contribution in [2.45, 2.75) is 30.7 Å². The molecule has 0 radical (unpaired) electrons. The predicted molar refractivity (Wildman–Crippen MR) is 108 cm³/mol. The number of hydrogen-bond acceptors (Lipinski definition) is 6. The minimum Gasteiger partial charge on any atom is -0.372 e. The molecule has 1 aromatic carbocycles. The average molecular weight is 390 g/mol. The third kappa shape index (κ3) is 3.57. The van der Waals surface area contributed by atoms with Gasteiger partial charge in [0.1, 0.15) is 16.0 Å². The summed E-state index contributed by atoms with van der Waals surface area (Å²) in [6.07, 6.45) is 0.943. The molecule has 2 atom stereocenters. The molecule has 7 heteroatoms. The van der Waals surface area contributed by atoms with Crippen molar-refractivity contribution in [3.05, 3.63) is 58.3 Å². The monoisotopic (exact) mass is 389 g/mol. The van der Waals surface area contributed by atoms with Crippen LogP contribution >= 0.6 is 23.1 Å². The number of hydrogen-bond donors (Lipinski definition) is 1. The van der Waals surface area contributed by atoms with Crippen molar-refractivity contribution in [2.24, 2.45) is 10.8 Å². The first-order chi connectivity index (χ1) is 12.6. The van der Waals surface area contributed by atoms with Gasteiger partial charge in [-0.2, -0.15) is 16.4 Å². The molecule has 138 valence electrons. The fraction of sp³-hybridized carbons (Fsp3) is 0.368. The molecule has 0 bridgehead atoms. The summed E-state index contributed by atoms with van der Waals surface area (Å²) in [5.41, 5.74) is 7.89. The topological polar surface area (TPSA) is 67.9 Å². The number of carbonyl (C=O) groups is 1. The van der Waals surface area contributed by atoms with E-state index in [-0.39, 0.29) is 5.91 Å². The summed E-state index contributed by atoms with van der Waals surface area (Å²) < 4.78 is 5.29. The van der Waals surface area contributed by atoms with Crippen molar-refractivity contribution in [1.82, 2.24) is 5.01 Å². The first-order valence-corrected chi connectivity index (χ1v) is 10.3. The molecule has 5 nitrogen and oxygen atoms in total. The molecule has 1 aliphatic rings. The molecule has 2 aromatic rings. The van der Waals surface area contributed by atoms with Crippen molar-refractivity contribution >= 4 is 34.0 Å². The van der Waals surface area contributed by atoms with Gasteiger partial charge in [-0.3, -0.25) is 4.79 Å². The molecule has 1 aromatic heterocycles. The quantitative estimate of drug-likeness (QED) is 0.785. The summed E-state index contributed by atoms with van der Waals surface area (Å²) in [7, 11) is 1.54. The van der Waals surface area contributed by atoms with E-state index in [9.17, 15) is 4.79 Å². The molecular formula is C19H23N3O2S2. The largest absolute Gasteiger partial charge is 0.372 e. The number of thiophene rings is 1. The Bertz CT molecular complexity index is 764. The van der Waals surface area contributed by atoms with Gasteiger partial charge in [-0.1, -0.05) is 42.1 Å². The number of nitrogens with two attached hydrogens (primary N) is 1. The molecular weight excluding hydrogens is 366 g/mol. The van der Waals surface area contributed by atoms with Crippen LogP contribution in [0.4, 0.5) is 0 Å². The Labute approximate surface area is 162 Å². The van der Waals surface area contributed by atoms with Crippen molar-refractivity contribution in [2.75, 3.05) is 13.7 Å². The maximum atomic E-state index is 13.1. The Morgan fingerprint density at radius 2 is 2.12 bits per heavy atom. The molecule has 0 saturated carbocycles. The van der Waals surface area contributed by atoms with E-state index in [1.165, 1.54) is 0 Å². The predicted octanol–water partition coefficient (Wildman–Crippen LogP) is 3.61. The minimum absolute atomic E-state index is 0.147. The lowest BCUT2D eigenvalue weighted by Gasteiger charge is -2.36. The van der Waals surface area contributed by atoms with Gasteiger partial charge < -0.3 is 10.5 Å². The summed E-state index contributed by atoms with van der Waals surface area (Å²) >= 11 is 3.24. The smallest absolute Gasteiger partial charge is 0.273 e. The van der Waals surface area contributed by atoms with Crippen LogP contribution in [0.1, 0.15) is 30.9 Å². The highest BCUT2D eigenvalue weighted by Gasteiger charge is 2.49. The third-order valence-corrected chi connectivity index (χ3v) is 6.57. The molecule has 1 unspecified atom stereocenters. The maximum Gasteiger partial charge on any atom is 0.273 e. The lowest BCUT2D eigenvalue weighted by atomic mass is 10.00. The normalized spacial score (nSPS) is 20.9. The zero-order chi connectivity index (χ0) is 18.6. The number of ether oxygens (including phenoxy) is 1. The first-order valence-electron chi connectivity index (χ1n) is 8.55. The summed E-state index contributed by atoms with van der Waals surface area (Å²) in [5, 5.41) is 11.3. The van der Waals surface area contributed by atoms with E-state index in [2.05, 4.69) is 5.38 Å². The van der Waals surface area contributed by atoms with Crippen molar-refractivity contribution in [3.63, 3.8) is 0 Å². The van der Waals surface area contributed by atoms with Gasteiger partial charge in [-0.15, -0.1) is 0 Å². The van der Waals surface area contributed by atoms with Crippen LogP contribution in [0, 0.1) is 0 Å². The molecule has 1 aliphatic heterocycles. The number of rotatable bonds is 7. The van der Waals surface area contributed by atoms with Crippen molar-refractivity contribution in [1.29, 1.82) is 0 Å². The third-order valence-electron chi connectivity index (χ3n) is 4.42. The van der Waals surface area contributed by atoms with E-state index < -0.39 is 11.0 Å². The van der Waals surface area contributed by atoms with E-state index in [0.717, 1.165) is 29.0 Å². The standard InChI is InChI=1S/C19H23N3O2S2/c1-14(24-2)18(23)22-19(10-6-11-20,16-7-4-3-5-8-16)26-17(21-22)15-9-12-25-13-15/h3-5,7-9,12-14H,6,10-11,20H2,1-2H3/t14-,19?/m0/s1. The van der Waals surface area contributed by atoms with Gasteiger partial charge >= 0.3 is 0 Å². The highest BCUT2D eigenvalue weighted by molar-refractivity contribution is 8.15. The van der Waals surface area contributed by atoms with Gasteiger partial charge in [-0.25, -0.2) is 5.01 Å². The molecule has 0 spiro atoms. The minimum atomic E-state index is -0.609. The second kappa shape index (κ2) is 8.35. The Kier molecular flexibility index (Phi) is 6.13. The van der Waals surface area contributed by atoms with Gasteiger partial charge in [0, 0.05) is 18.1 Å². The molecule has 0 aliphatic carbocycles. The number of carbonyl (C=O) groups excluding carboxylic acids is 1. The van der Waals surface area contributed by atoms with E-state index in [4.69, 9.17) is 15.6 Å². The van der Waals surface area contributed by atoms with Crippen molar-refractivity contribution in [3.8, 4) is 0 Å². The second-order valence-electron chi connectivity index (χ2n) is 6.09. The zero-order valence-corrected chi connectivity index (χ0v) is 16.6. The van der Waals surface area contributed by atoms with Crippen LogP contribution in [-0.4, -0.2) is 35.7 Å². The number of methoxy groups -OCH3 is 1. The number of benzene rings is 1. The van der Waals surface area contributed by atoms with Crippen LogP contribution < -0.4 is 5.73 Å². The van der Waals surface area contributed by atoms with E-state index in [0.29, 0.717) is 6.54 Å². The zero-order valence-electron chi connectivity index (χ0n) is 14.9. The Morgan fingerprint density at radius 1 is 1.35 bits per heavy atom. The highest BCUT2D eigenvalue weighted by atomic mass is 32.2. The van der Waals surface area contributed by atoms with Crippen LogP contribution in [-0.2, 0) is 14.4 Å². The van der Waals surface area contributed by atoms with Gasteiger partial charge in [0.05, 0.1) is 0 Å². The average Bonchev–Trinajstić information content (AvgIpc) is 3.34. The molecule has 0 saturated heterocycles. The van der Waals surface area contributed by atoms with Crippen LogP contribution in [0.25, 0.3) is 0 Å². The molecule has 26 heavy (non-hydrogen) atoms. The molecule has 0 fully saturated rings. The summed E-state index contributed by atoms with van der Waals surface area (Å²) in [4.78, 5) is 12.5. The molecule has 2 heterocycles. The Hall–Kier alpha value is -1.67.